The lowest BCUT2D eigenvalue weighted by atomic mass is 10.0. The van der Waals surface area contributed by atoms with Gasteiger partial charge in [0, 0.05) is 36.8 Å². The number of anilines is 1. The molecule has 3 N–H and O–H groups in total. The van der Waals surface area contributed by atoms with E-state index in [1.165, 1.54) is 12.8 Å². The van der Waals surface area contributed by atoms with Crippen molar-refractivity contribution in [2.75, 3.05) is 18.8 Å². The molecule has 1 aliphatic heterocycles. The van der Waals surface area contributed by atoms with Gasteiger partial charge in [0.15, 0.2) is 0 Å². The van der Waals surface area contributed by atoms with Crippen molar-refractivity contribution >= 4 is 11.6 Å². The van der Waals surface area contributed by atoms with E-state index in [0.717, 1.165) is 48.1 Å². The van der Waals surface area contributed by atoms with E-state index in [-0.39, 0.29) is 11.8 Å². The minimum Gasteiger partial charge on any atom is -0.396 e. The van der Waals surface area contributed by atoms with Crippen LogP contribution in [0.4, 0.5) is 5.69 Å². The standard InChI is InChI=1S/C18H26N6O/c1-11-15(12(2)24(22-11)9-13-3-4-13)7-17(25)23-6-5-14(10-23)18-16(19)8-20-21-18/h8,13-14H,3-7,9-10,19H2,1-2H3,(H,20,21). The molecule has 2 aliphatic rings. The third-order valence-electron chi connectivity index (χ3n) is 5.64. The van der Waals surface area contributed by atoms with Crippen LogP contribution < -0.4 is 5.73 Å². The Morgan fingerprint density at radius 1 is 1.36 bits per heavy atom. The normalized spacial score (nSPS) is 20.4. The van der Waals surface area contributed by atoms with E-state index >= 15 is 0 Å². The predicted octanol–water partition coefficient (Wildman–Crippen LogP) is 1.77. The lowest BCUT2D eigenvalue weighted by Gasteiger charge is -2.16. The van der Waals surface area contributed by atoms with Crippen molar-refractivity contribution in [2.45, 2.75) is 52.0 Å². The van der Waals surface area contributed by atoms with Crippen molar-refractivity contribution in [1.82, 2.24) is 24.9 Å². The summed E-state index contributed by atoms with van der Waals surface area (Å²) in [6.07, 6.45) is 5.61. The fraction of sp³-hybridized carbons (Fsp3) is 0.611. The summed E-state index contributed by atoms with van der Waals surface area (Å²) in [6, 6.07) is 0. The molecule has 1 atom stereocenters. The van der Waals surface area contributed by atoms with Crippen LogP contribution in [0.3, 0.4) is 0 Å². The Morgan fingerprint density at radius 3 is 2.84 bits per heavy atom. The van der Waals surface area contributed by atoms with E-state index in [9.17, 15) is 4.79 Å². The largest absolute Gasteiger partial charge is 0.396 e. The first-order chi connectivity index (χ1) is 12.0. The summed E-state index contributed by atoms with van der Waals surface area (Å²) in [6.45, 7) is 6.57. The lowest BCUT2D eigenvalue weighted by Crippen LogP contribution is -2.30. The topological polar surface area (TPSA) is 92.8 Å². The van der Waals surface area contributed by atoms with Crippen LogP contribution in [-0.2, 0) is 17.8 Å². The number of nitrogens with two attached hydrogens (primary N) is 1. The maximum atomic E-state index is 12.8. The first kappa shape index (κ1) is 16.2. The van der Waals surface area contributed by atoms with Crippen molar-refractivity contribution in [3.05, 3.63) is 28.8 Å². The first-order valence-electron chi connectivity index (χ1n) is 9.12. The third kappa shape index (κ3) is 3.15. The Morgan fingerprint density at radius 2 is 2.16 bits per heavy atom. The maximum Gasteiger partial charge on any atom is 0.227 e. The van der Waals surface area contributed by atoms with Crippen LogP contribution in [-0.4, -0.2) is 43.9 Å². The Balaban J connectivity index is 1.42. The fourth-order valence-corrected chi connectivity index (χ4v) is 3.83. The Hall–Kier alpha value is -2.31. The molecular weight excluding hydrogens is 316 g/mol. The van der Waals surface area contributed by atoms with Crippen molar-refractivity contribution in [3.63, 3.8) is 0 Å². The van der Waals surface area contributed by atoms with Gasteiger partial charge in [-0.1, -0.05) is 0 Å². The Kier molecular flexibility index (Phi) is 4.01. The van der Waals surface area contributed by atoms with E-state index in [1.54, 1.807) is 6.20 Å². The first-order valence-corrected chi connectivity index (χ1v) is 9.12. The number of aromatic amines is 1. The fourth-order valence-electron chi connectivity index (χ4n) is 3.83. The van der Waals surface area contributed by atoms with Gasteiger partial charge in [-0.2, -0.15) is 10.2 Å². The molecule has 7 heteroatoms. The van der Waals surface area contributed by atoms with Crippen molar-refractivity contribution in [1.29, 1.82) is 0 Å². The average molecular weight is 342 g/mol. The number of rotatable bonds is 5. The number of aryl methyl sites for hydroxylation is 1. The molecule has 134 valence electrons. The number of hydrogen-bond donors (Lipinski definition) is 2. The second-order valence-corrected chi connectivity index (χ2v) is 7.52. The highest BCUT2D eigenvalue weighted by Crippen LogP contribution is 2.32. The molecule has 1 amide bonds. The molecular formula is C18H26N6O. The van der Waals surface area contributed by atoms with Gasteiger partial charge in [-0.15, -0.1) is 0 Å². The van der Waals surface area contributed by atoms with E-state index in [2.05, 4.69) is 26.9 Å². The van der Waals surface area contributed by atoms with Crippen LogP contribution in [0.15, 0.2) is 6.20 Å². The molecule has 0 bridgehead atoms. The van der Waals surface area contributed by atoms with Gasteiger partial charge in [-0.05, 0) is 39.0 Å². The summed E-state index contributed by atoms with van der Waals surface area (Å²) >= 11 is 0. The van der Waals surface area contributed by atoms with E-state index < -0.39 is 0 Å². The molecule has 4 rings (SSSR count). The van der Waals surface area contributed by atoms with Crippen LogP contribution in [0, 0.1) is 19.8 Å². The summed E-state index contributed by atoms with van der Waals surface area (Å²) in [5.74, 6) is 1.21. The highest BCUT2D eigenvalue weighted by Gasteiger charge is 2.30. The van der Waals surface area contributed by atoms with Crippen LogP contribution in [0.25, 0.3) is 0 Å². The van der Waals surface area contributed by atoms with Crippen LogP contribution in [0.1, 0.15) is 47.8 Å². The number of amides is 1. The number of H-pyrrole nitrogens is 1. The molecule has 7 nitrogen and oxygen atoms in total. The molecule has 1 saturated carbocycles. The van der Waals surface area contributed by atoms with Crippen molar-refractivity contribution < 1.29 is 4.79 Å². The molecule has 1 aliphatic carbocycles. The molecule has 0 spiro atoms. The zero-order valence-electron chi connectivity index (χ0n) is 15.0. The Labute approximate surface area is 147 Å². The maximum absolute atomic E-state index is 12.8. The van der Waals surface area contributed by atoms with Gasteiger partial charge >= 0.3 is 0 Å². The summed E-state index contributed by atoms with van der Waals surface area (Å²) in [5, 5.41) is 11.6. The average Bonchev–Trinajstić information content (AvgIpc) is 2.98. The van der Waals surface area contributed by atoms with Crippen molar-refractivity contribution in [2.24, 2.45) is 5.92 Å². The van der Waals surface area contributed by atoms with Gasteiger partial charge < -0.3 is 10.6 Å². The summed E-state index contributed by atoms with van der Waals surface area (Å²) < 4.78 is 2.09. The molecule has 2 fully saturated rings. The predicted molar refractivity (Wildman–Crippen MR) is 95.1 cm³/mol. The van der Waals surface area contributed by atoms with Gasteiger partial charge in [0.2, 0.25) is 5.91 Å². The number of carbonyl (C=O) groups excluding carboxylic acids is 1. The van der Waals surface area contributed by atoms with Crippen molar-refractivity contribution in [3.8, 4) is 0 Å². The summed E-state index contributed by atoms with van der Waals surface area (Å²) in [5.41, 5.74) is 10.8. The van der Waals surface area contributed by atoms with Crippen LogP contribution in [0.5, 0.6) is 0 Å². The minimum absolute atomic E-state index is 0.178. The van der Waals surface area contributed by atoms with Crippen LogP contribution in [0.2, 0.25) is 0 Å². The quantitative estimate of drug-likeness (QED) is 0.866. The summed E-state index contributed by atoms with van der Waals surface area (Å²) in [4.78, 5) is 14.7. The zero-order chi connectivity index (χ0) is 17.6. The van der Waals surface area contributed by atoms with E-state index in [1.807, 2.05) is 11.8 Å². The molecule has 3 heterocycles. The molecule has 0 aromatic carbocycles. The number of nitrogens with one attached hydrogen (secondary N) is 1. The molecule has 2 aromatic heterocycles. The highest BCUT2D eigenvalue weighted by molar-refractivity contribution is 5.79. The molecule has 1 unspecified atom stereocenters. The molecule has 25 heavy (non-hydrogen) atoms. The minimum atomic E-state index is 0.178. The van der Waals surface area contributed by atoms with E-state index in [0.29, 0.717) is 18.7 Å². The Bertz CT molecular complexity index is 788. The second-order valence-electron chi connectivity index (χ2n) is 7.52. The van der Waals surface area contributed by atoms with Gasteiger partial charge in [0.05, 0.1) is 29.7 Å². The lowest BCUT2D eigenvalue weighted by molar-refractivity contribution is -0.129. The van der Waals surface area contributed by atoms with Crippen LogP contribution >= 0.6 is 0 Å². The smallest absolute Gasteiger partial charge is 0.227 e. The third-order valence-corrected chi connectivity index (χ3v) is 5.64. The summed E-state index contributed by atoms with van der Waals surface area (Å²) in [7, 11) is 0. The van der Waals surface area contributed by atoms with E-state index in [4.69, 9.17) is 5.73 Å². The number of nitrogen functional groups attached to an aromatic ring is 1. The SMILES string of the molecule is Cc1nn(CC2CC2)c(C)c1CC(=O)N1CCC(c2[nH]ncc2N)C1. The monoisotopic (exact) mass is 342 g/mol. The number of nitrogens with zero attached hydrogens (tertiary/aromatic N) is 4. The molecule has 0 radical (unpaired) electrons. The van der Waals surface area contributed by atoms with Gasteiger partial charge in [-0.3, -0.25) is 14.6 Å². The number of hydrogen-bond acceptors (Lipinski definition) is 4. The molecule has 2 aromatic rings. The van der Waals surface area contributed by atoms with Gasteiger partial charge in [-0.25, -0.2) is 0 Å². The number of likely N-dealkylation sites (tertiary alicyclic amines) is 1. The van der Waals surface area contributed by atoms with Gasteiger partial charge in [0.25, 0.3) is 0 Å². The second kappa shape index (κ2) is 6.20. The number of aromatic nitrogens is 4. The number of carbonyl (C=O) groups is 1. The van der Waals surface area contributed by atoms with Gasteiger partial charge in [0.1, 0.15) is 0 Å². The molecule has 1 saturated heterocycles. The zero-order valence-corrected chi connectivity index (χ0v) is 15.0. The highest BCUT2D eigenvalue weighted by atomic mass is 16.2.